The van der Waals surface area contributed by atoms with Gasteiger partial charge in [-0.25, -0.2) is 27.9 Å². The third-order valence-corrected chi connectivity index (χ3v) is 10.1. The lowest BCUT2D eigenvalue weighted by molar-refractivity contribution is -0.106. The molecule has 5 heterocycles. The number of urea groups is 1. The molecule has 0 aliphatic carbocycles. The first-order chi connectivity index (χ1) is 26.2. The van der Waals surface area contributed by atoms with Crippen LogP contribution in [0.4, 0.5) is 40.8 Å². The van der Waals surface area contributed by atoms with Crippen LogP contribution < -0.4 is 20.4 Å². The van der Waals surface area contributed by atoms with E-state index in [-0.39, 0.29) is 17.9 Å². The number of aldehydes is 1. The molecule has 0 radical (unpaired) electrons. The highest BCUT2D eigenvalue weighted by Crippen LogP contribution is 2.30. The van der Waals surface area contributed by atoms with Crippen LogP contribution in [0.3, 0.4) is 0 Å². The molecule has 2 amide bonds. The van der Waals surface area contributed by atoms with Gasteiger partial charge in [0.05, 0.1) is 41.7 Å². The number of halogens is 3. The van der Waals surface area contributed by atoms with Crippen LogP contribution in [-0.2, 0) is 4.79 Å². The Balaban J connectivity index is 0.874. The van der Waals surface area contributed by atoms with Gasteiger partial charge >= 0.3 is 6.03 Å². The summed E-state index contributed by atoms with van der Waals surface area (Å²) >= 11 is 0. The van der Waals surface area contributed by atoms with Crippen LogP contribution in [0.5, 0.6) is 0 Å². The standard InChI is InChI=1S/C38H42F3N11O2/c1-26-19-32(34(41)20-33(26)40)35-22-44-36(37-43-9-12-50(35)37)46-28-21-45-52(24-28)31-7-10-47(11-8-31)13-14-48-15-17-49(18-16-48)29-3-5-30(6-4-29)51(38(54)42-2)23-27(39)25-53/h3-6,9,12,19-25,31H,7-8,10-11,13-18H2,1-2H3,(H,42,54)(H,44,46)/b27-23+. The van der Waals surface area contributed by atoms with Gasteiger partial charge in [0, 0.05) is 95.3 Å². The number of carbonyl (C=O) groups is 2. The van der Waals surface area contributed by atoms with Gasteiger partial charge in [-0.05, 0) is 55.7 Å². The first kappa shape index (κ1) is 36.6. The van der Waals surface area contributed by atoms with Crippen LogP contribution in [0.1, 0.15) is 24.4 Å². The van der Waals surface area contributed by atoms with Crippen molar-refractivity contribution in [1.82, 2.24) is 39.3 Å². The van der Waals surface area contributed by atoms with E-state index in [1.165, 1.54) is 13.1 Å². The second-order valence-corrected chi connectivity index (χ2v) is 13.5. The number of piperidine rings is 1. The second-order valence-electron chi connectivity index (χ2n) is 13.5. The summed E-state index contributed by atoms with van der Waals surface area (Å²) in [5, 5.41) is 10.4. The number of imidazole rings is 1. The molecule has 13 nitrogen and oxygen atoms in total. The molecular weight excluding hydrogens is 699 g/mol. The molecule has 54 heavy (non-hydrogen) atoms. The van der Waals surface area contributed by atoms with E-state index in [0.717, 1.165) is 93.7 Å². The Bertz CT molecular complexity index is 2140. The number of nitrogens with zero attached hydrogens (tertiary/aromatic N) is 9. The van der Waals surface area contributed by atoms with Crippen LogP contribution in [0.2, 0.25) is 0 Å². The molecule has 0 atom stereocenters. The van der Waals surface area contributed by atoms with Gasteiger partial charge in [-0.15, -0.1) is 0 Å². The predicted octanol–water partition coefficient (Wildman–Crippen LogP) is 5.54. The number of fused-ring (bicyclic) bond motifs is 1. The number of carbonyl (C=O) groups excluding carboxylic acids is 2. The minimum absolute atomic E-state index is 0.0628. The van der Waals surface area contributed by atoms with Crippen LogP contribution in [0.15, 0.2) is 79.4 Å². The van der Waals surface area contributed by atoms with Gasteiger partial charge in [-0.3, -0.25) is 23.7 Å². The van der Waals surface area contributed by atoms with Crippen molar-refractivity contribution in [3.05, 3.63) is 96.6 Å². The summed E-state index contributed by atoms with van der Waals surface area (Å²) in [5.74, 6) is -1.80. The lowest BCUT2D eigenvalue weighted by atomic mass is 10.1. The zero-order valence-electron chi connectivity index (χ0n) is 30.1. The number of aryl methyl sites for hydroxylation is 1. The Morgan fingerprint density at radius 3 is 2.39 bits per heavy atom. The number of hydrogen-bond donors (Lipinski definition) is 2. The van der Waals surface area contributed by atoms with E-state index in [9.17, 15) is 22.8 Å². The average molecular weight is 742 g/mol. The number of amides is 2. The highest BCUT2D eigenvalue weighted by molar-refractivity contribution is 5.94. The summed E-state index contributed by atoms with van der Waals surface area (Å²) in [6.07, 6.45) is 11.6. The summed E-state index contributed by atoms with van der Waals surface area (Å²) in [4.78, 5) is 40.3. The van der Waals surface area contributed by atoms with Gasteiger partial charge in [0.15, 0.2) is 23.6 Å². The Kier molecular flexibility index (Phi) is 10.9. The Labute approximate surface area is 310 Å². The van der Waals surface area contributed by atoms with E-state index in [4.69, 9.17) is 0 Å². The summed E-state index contributed by atoms with van der Waals surface area (Å²) in [6.45, 7) is 9.16. The second kappa shape index (κ2) is 16.1. The van der Waals surface area contributed by atoms with Gasteiger partial charge in [-0.1, -0.05) is 0 Å². The molecule has 2 aliphatic heterocycles. The fourth-order valence-electron chi connectivity index (χ4n) is 7.07. The number of rotatable bonds is 11. The maximum atomic E-state index is 14.7. The topological polar surface area (TPSA) is 119 Å². The van der Waals surface area contributed by atoms with Gasteiger partial charge < -0.3 is 20.4 Å². The minimum Gasteiger partial charge on any atom is -0.369 e. The monoisotopic (exact) mass is 741 g/mol. The summed E-state index contributed by atoms with van der Waals surface area (Å²) in [7, 11) is 1.44. The number of nitrogens with one attached hydrogen (secondary N) is 2. The molecule has 3 aromatic heterocycles. The first-order valence-electron chi connectivity index (χ1n) is 17.9. The molecule has 7 rings (SSSR count). The van der Waals surface area contributed by atoms with E-state index in [1.807, 2.05) is 23.0 Å². The van der Waals surface area contributed by atoms with Crippen molar-refractivity contribution in [3.8, 4) is 11.3 Å². The molecule has 2 aliphatic rings. The number of anilines is 4. The lowest BCUT2D eigenvalue weighted by Gasteiger charge is -2.38. The molecule has 0 saturated carbocycles. The maximum absolute atomic E-state index is 14.7. The van der Waals surface area contributed by atoms with Crippen molar-refractivity contribution in [3.63, 3.8) is 0 Å². The summed E-state index contributed by atoms with van der Waals surface area (Å²) < 4.78 is 46.0. The lowest BCUT2D eigenvalue weighted by Crippen LogP contribution is -2.49. The van der Waals surface area contributed by atoms with Crippen LogP contribution in [-0.4, -0.2) is 106 Å². The first-order valence-corrected chi connectivity index (χ1v) is 17.9. The number of allylic oxidation sites excluding steroid dienone is 1. The number of hydrogen-bond acceptors (Lipinski definition) is 9. The molecule has 282 valence electrons. The van der Waals surface area contributed by atoms with Gasteiger partial charge in [0.2, 0.25) is 0 Å². The third-order valence-electron chi connectivity index (χ3n) is 10.1. The summed E-state index contributed by atoms with van der Waals surface area (Å²) in [6, 6.07) is 9.40. The van der Waals surface area contributed by atoms with Crippen molar-refractivity contribution in [2.75, 3.05) is 74.5 Å². The smallest absolute Gasteiger partial charge is 0.325 e. The van der Waals surface area contributed by atoms with Crippen LogP contribution >= 0.6 is 0 Å². The minimum atomic E-state index is -1.04. The molecule has 2 fully saturated rings. The third kappa shape index (κ3) is 7.94. The maximum Gasteiger partial charge on any atom is 0.325 e. The molecule has 2 N–H and O–H groups in total. The van der Waals surface area contributed by atoms with Crippen molar-refractivity contribution in [2.45, 2.75) is 25.8 Å². The highest BCUT2D eigenvalue weighted by atomic mass is 19.1. The van der Waals surface area contributed by atoms with Crippen molar-refractivity contribution in [1.29, 1.82) is 0 Å². The molecule has 2 aromatic carbocycles. The van der Waals surface area contributed by atoms with Gasteiger partial charge in [0.25, 0.3) is 0 Å². The molecule has 0 bridgehead atoms. The molecule has 0 unspecified atom stereocenters. The number of likely N-dealkylation sites (tertiary alicyclic amines) is 1. The van der Waals surface area contributed by atoms with Gasteiger partial charge in [-0.2, -0.15) is 5.10 Å². The van der Waals surface area contributed by atoms with Crippen molar-refractivity contribution < 1.29 is 22.8 Å². The quantitative estimate of drug-likeness (QED) is 0.133. The van der Waals surface area contributed by atoms with Crippen molar-refractivity contribution >= 4 is 40.8 Å². The normalized spacial score (nSPS) is 16.2. The summed E-state index contributed by atoms with van der Waals surface area (Å²) in [5.41, 5.74) is 3.83. The Hall–Kier alpha value is -5.74. The van der Waals surface area contributed by atoms with E-state index in [2.05, 4.69) is 40.4 Å². The van der Waals surface area contributed by atoms with Crippen LogP contribution in [0, 0.1) is 18.6 Å². The Morgan fingerprint density at radius 1 is 0.963 bits per heavy atom. The van der Waals surface area contributed by atoms with Crippen molar-refractivity contribution in [2.24, 2.45) is 0 Å². The van der Waals surface area contributed by atoms with E-state index in [0.29, 0.717) is 28.4 Å². The fourth-order valence-corrected chi connectivity index (χ4v) is 7.07. The van der Waals surface area contributed by atoms with Gasteiger partial charge in [0.1, 0.15) is 11.6 Å². The van der Waals surface area contributed by atoms with Crippen LogP contribution in [0.25, 0.3) is 16.9 Å². The molecule has 2 saturated heterocycles. The number of benzene rings is 2. The highest BCUT2D eigenvalue weighted by Gasteiger charge is 2.24. The zero-order valence-corrected chi connectivity index (χ0v) is 30.1. The largest absolute Gasteiger partial charge is 0.369 e. The average Bonchev–Trinajstić information content (AvgIpc) is 3.89. The van der Waals surface area contributed by atoms with E-state index in [1.54, 1.807) is 48.2 Å². The molecule has 16 heteroatoms. The SMILES string of the molecule is CNC(=O)N(/C=C(/F)C=O)c1ccc(N2CCN(CCN3CCC(n4cc(Nc5ncc(-c6cc(C)c(F)cc6F)n6ccnc56)cn4)CC3)CC2)cc1. The molecule has 0 spiro atoms. The van der Waals surface area contributed by atoms with E-state index < -0.39 is 23.5 Å². The fraction of sp³-hybridized carbons (Fsp3) is 0.342. The predicted molar refractivity (Wildman–Crippen MR) is 201 cm³/mol. The number of piperazine rings is 1. The molecular formula is C38H42F3N11O2. The molecule has 5 aromatic rings. The number of aromatic nitrogens is 5. The Morgan fingerprint density at radius 2 is 1.69 bits per heavy atom. The zero-order chi connectivity index (χ0) is 37.8. The van der Waals surface area contributed by atoms with E-state index >= 15 is 0 Å².